The zero-order valence-corrected chi connectivity index (χ0v) is 13.7. The van der Waals surface area contributed by atoms with Gasteiger partial charge in [0.2, 0.25) is 0 Å². The Morgan fingerprint density at radius 1 is 1.33 bits per heavy atom. The first-order valence-corrected chi connectivity index (χ1v) is 7.66. The number of halogens is 3. The topological polar surface area (TPSA) is 21.3 Å². The van der Waals surface area contributed by atoms with Crippen molar-refractivity contribution in [3.8, 4) is 5.75 Å². The Kier molecular flexibility index (Phi) is 6.78. The summed E-state index contributed by atoms with van der Waals surface area (Å²) in [5.41, 5.74) is 0.911. The third-order valence-corrected chi connectivity index (χ3v) is 4.89. The number of rotatable bonds is 7. The maximum Gasteiger partial charge on any atom is 0.119 e. The fourth-order valence-corrected chi connectivity index (χ4v) is 2.78. The molecule has 0 aliphatic heterocycles. The van der Waals surface area contributed by atoms with Crippen molar-refractivity contribution in [1.29, 1.82) is 0 Å². The Morgan fingerprint density at radius 2 is 2.00 bits per heavy atom. The molecule has 0 aliphatic carbocycles. The van der Waals surface area contributed by atoms with Crippen molar-refractivity contribution in [1.82, 2.24) is 5.32 Å². The molecule has 18 heavy (non-hydrogen) atoms. The minimum Gasteiger partial charge on any atom is -0.497 e. The van der Waals surface area contributed by atoms with Gasteiger partial charge in [-0.3, -0.25) is 0 Å². The van der Waals surface area contributed by atoms with Crippen LogP contribution in [0.4, 0.5) is 0 Å². The van der Waals surface area contributed by atoms with Crippen LogP contribution in [-0.4, -0.2) is 24.4 Å². The molecule has 0 atom stereocenters. The van der Waals surface area contributed by atoms with Crippen molar-refractivity contribution in [3.63, 3.8) is 0 Å². The summed E-state index contributed by atoms with van der Waals surface area (Å²) < 4.78 is 6.27. The van der Waals surface area contributed by atoms with Crippen LogP contribution >= 0.6 is 39.1 Å². The van der Waals surface area contributed by atoms with Gasteiger partial charge in [0.15, 0.2) is 0 Å². The van der Waals surface area contributed by atoms with Crippen molar-refractivity contribution < 1.29 is 4.74 Å². The molecule has 0 spiro atoms. The molecule has 0 amide bonds. The van der Waals surface area contributed by atoms with Crippen molar-refractivity contribution in [2.75, 3.05) is 18.9 Å². The Balaban J connectivity index is 2.78. The molecule has 0 fully saturated rings. The van der Waals surface area contributed by atoms with Crippen molar-refractivity contribution >= 4 is 39.1 Å². The fourth-order valence-electron chi connectivity index (χ4n) is 1.54. The van der Waals surface area contributed by atoms with E-state index in [4.69, 9.17) is 27.9 Å². The molecule has 1 N–H and O–H groups in total. The van der Waals surface area contributed by atoms with Crippen LogP contribution in [0.1, 0.15) is 18.9 Å². The second-order valence-corrected chi connectivity index (χ2v) is 5.60. The monoisotopic (exact) mass is 353 g/mol. The average Bonchev–Trinajstić information content (AvgIpc) is 2.42. The van der Waals surface area contributed by atoms with Gasteiger partial charge in [0, 0.05) is 28.3 Å². The molecule has 0 bridgehead atoms. The Labute approximate surface area is 127 Å². The highest BCUT2D eigenvalue weighted by Crippen LogP contribution is 2.24. The van der Waals surface area contributed by atoms with E-state index in [-0.39, 0.29) is 5.54 Å². The quantitative estimate of drug-likeness (QED) is 0.742. The minimum atomic E-state index is -0.217. The van der Waals surface area contributed by atoms with Crippen LogP contribution < -0.4 is 10.1 Å². The summed E-state index contributed by atoms with van der Waals surface area (Å²) in [7, 11) is 1.66. The van der Waals surface area contributed by atoms with E-state index in [9.17, 15) is 0 Å². The summed E-state index contributed by atoms with van der Waals surface area (Å²) in [6.45, 7) is 2.78. The van der Waals surface area contributed by atoms with Crippen LogP contribution in [0.5, 0.6) is 5.75 Å². The van der Waals surface area contributed by atoms with E-state index in [1.807, 2.05) is 18.2 Å². The van der Waals surface area contributed by atoms with Crippen molar-refractivity contribution in [3.05, 3.63) is 28.2 Å². The molecule has 0 aliphatic rings. The van der Waals surface area contributed by atoms with Gasteiger partial charge in [-0.25, -0.2) is 0 Å². The molecule has 5 heteroatoms. The second kappa shape index (κ2) is 7.59. The Morgan fingerprint density at radius 3 is 2.50 bits per heavy atom. The first-order chi connectivity index (χ1) is 8.60. The molecule has 1 rings (SSSR count). The van der Waals surface area contributed by atoms with Gasteiger partial charge in [0.1, 0.15) is 5.75 Å². The highest BCUT2D eigenvalue weighted by atomic mass is 79.9. The third-order valence-electron chi connectivity index (χ3n) is 3.10. The normalized spacial score (nSPS) is 11.6. The molecule has 2 nitrogen and oxygen atoms in total. The van der Waals surface area contributed by atoms with Crippen LogP contribution in [0.15, 0.2) is 22.7 Å². The van der Waals surface area contributed by atoms with Crippen LogP contribution in [0, 0.1) is 0 Å². The lowest BCUT2D eigenvalue weighted by molar-refractivity contribution is 0.382. The summed E-state index contributed by atoms with van der Waals surface area (Å²) in [5.74, 6) is 1.83. The van der Waals surface area contributed by atoms with E-state index in [2.05, 4.69) is 28.2 Å². The van der Waals surface area contributed by atoms with Gasteiger partial charge in [-0.05, 0) is 30.2 Å². The van der Waals surface area contributed by atoms with E-state index < -0.39 is 0 Å². The van der Waals surface area contributed by atoms with Gasteiger partial charge in [0.05, 0.1) is 7.11 Å². The smallest absolute Gasteiger partial charge is 0.119 e. The molecule has 0 saturated carbocycles. The maximum absolute atomic E-state index is 6.01. The summed E-state index contributed by atoms with van der Waals surface area (Å²) in [6, 6.07) is 5.90. The largest absolute Gasteiger partial charge is 0.497 e. The average molecular weight is 355 g/mol. The van der Waals surface area contributed by atoms with E-state index in [0.717, 1.165) is 22.2 Å². The molecule has 0 saturated heterocycles. The zero-order chi connectivity index (χ0) is 13.6. The Bertz CT molecular complexity index is 375. The van der Waals surface area contributed by atoms with Crippen LogP contribution in [-0.2, 0) is 6.54 Å². The van der Waals surface area contributed by atoms with E-state index in [0.29, 0.717) is 18.3 Å². The minimum absolute atomic E-state index is 0.217. The molecule has 1 aromatic carbocycles. The molecule has 0 unspecified atom stereocenters. The fraction of sp³-hybridized carbons (Fsp3) is 0.538. The summed E-state index contributed by atoms with van der Waals surface area (Å²) in [5, 5.41) is 3.44. The van der Waals surface area contributed by atoms with Gasteiger partial charge in [-0.2, -0.15) is 0 Å². The highest BCUT2D eigenvalue weighted by Gasteiger charge is 2.25. The lowest BCUT2D eigenvalue weighted by Crippen LogP contribution is -2.47. The SMILES string of the molecule is CCC(CCl)(CCl)NCc1cc(OC)ccc1Br. The standard InChI is InChI=1S/C13H18BrCl2NO/c1-3-13(8-15,9-16)17-7-10-6-11(18-2)4-5-12(10)14/h4-6,17H,3,7-9H2,1-2H3. The zero-order valence-electron chi connectivity index (χ0n) is 10.6. The van der Waals surface area contributed by atoms with E-state index >= 15 is 0 Å². The second-order valence-electron chi connectivity index (χ2n) is 4.21. The van der Waals surface area contributed by atoms with Gasteiger partial charge < -0.3 is 10.1 Å². The Hall–Kier alpha value is 0.0400. The lowest BCUT2D eigenvalue weighted by atomic mass is 10.0. The molecular formula is C13H18BrCl2NO. The lowest BCUT2D eigenvalue weighted by Gasteiger charge is -2.30. The number of benzene rings is 1. The predicted octanol–water partition coefficient (Wildman–Crippen LogP) is 4.17. The number of nitrogens with one attached hydrogen (secondary N) is 1. The molecule has 0 heterocycles. The third kappa shape index (κ3) is 4.02. The van der Waals surface area contributed by atoms with Crippen molar-refractivity contribution in [2.45, 2.75) is 25.4 Å². The molecule has 0 radical (unpaired) electrons. The summed E-state index contributed by atoms with van der Waals surface area (Å²) in [6.07, 6.45) is 0.890. The molecule has 0 aromatic heterocycles. The number of alkyl halides is 2. The summed E-state index contributed by atoms with van der Waals surface area (Å²) in [4.78, 5) is 0. The van der Waals surface area contributed by atoms with Crippen LogP contribution in [0.3, 0.4) is 0 Å². The van der Waals surface area contributed by atoms with Gasteiger partial charge >= 0.3 is 0 Å². The maximum atomic E-state index is 6.01. The van der Waals surface area contributed by atoms with Crippen LogP contribution in [0.2, 0.25) is 0 Å². The molecular weight excluding hydrogens is 337 g/mol. The number of hydrogen-bond donors (Lipinski definition) is 1. The number of ether oxygens (including phenoxy) is 1. The molecule has 1 aromatic rings. The molecule has 102 valence electrons. The van der Waals surface area contributed by atoms with Gasteiger partial charge in [-0.15, -0.1) is 23.2 Å². The first kappa shape index (κ1) is 16.1. The number of methoxy groups -OCH3 is 1. The van der Waals surface area contributed by atoms with Gasteiger partial charge in [-0.1, -0.05) is 22.9 Å². The first-order valence-electron chi connectivity index (χ1n) is 5.80. The predicted molar refractivity (Wildman–Crippen MR) is 82.0 cm³/mol. The van der Waals surface area contributed by atoms with Gasteiger partial charge in [0.25, 0.3) is 0 Å². The number of hydrogen-bond acceptors (Lipinski definition) is 2. The summed E-state index contributed by atoms with van der Waals surface area (Å²) >= 11 is 15.5. The highest BCUT2D eigenvalue weighted by molar-refractivity contribution is 9.10. The van der Waals surface area contributed by atoms with E-state index in [1.165, 1.54) is 0 Å². The van der Waals surface area contributed by atoms with Crippen LogP contribution in [0.25, 0.3) is 0 Å². The van der Waals surface area contributed by atoms with Crippen molar-refractivity contribution in [2.24, 2.45) is 0 Å². The van der Waals surface area contributed by atoms with E-state index in [1.54, 1.807) is 7.11 Å².